The first-order valence-electron chi connectivity index (χ1n) is 10.6. The zero-order valence-corrected chi connectivity index (χ0v) is 19.0. The second kappa shape index (κ2) is 13.8. The molecular formula is C23H31N3O7. The standard InChI is InChI=1S/C21H27N3O5.C2H4O2/c1-14(22-2)13-15-6-8-16(9-7-15)20(24-17(25)10-11-18(24)26)21(29)23-12-4-3-5-19(27)28;1-2(3)4/h6-11,14,20,22H,3-5,12-13H2,1-2H3,(H,23,29)(H,27,28);1H3,(H,3,4). The summed E-state index contributed by atoms with van der Waals surface area (Å²) >= 11 is 0. The number of likely N-dealkylation sites (N-methyl/N-ethyl adjacent to an activating group) is 1. The van der Waals surface area contributed by atoms with E-state index >= 15 is 0 Å². The number of carbonyl (C=O) groups excluding carboxylic acids is 3. The van der Waals surface area contributed by atoms with Gasteiger partial charge in [-0.05, 0) is 44.4 Å². The number of hydrogen-bond donors (Lipinski definition) is 4. The van der Waals surface area contributed by atoms with Crippen LogP contribution in [0.15, 0.2) is 36.4 Å². The van der Waals surface area contributed by atoms with Gasteiger partial charge in [0.25, 0.3) is 17.8 Å². The number of nitrogens with one attached hydrogen (secondary N) is 2. The Labute approximate surface area is 192 Å². The number of nitrogens with zero attached hydrogens (tertiary/aromatic N) is 1. The Morgan fingerprint density at radius 2 is 1.55 bits per heavy atom. The van der Waals surface area contributed by atoms with Gasteiger partial charge in [0.05, 0.1) is 0 Å². The minimum absolute atomic E-state index is 0.0266. The number of carboxylic acid groups (broad SMARTS) is 2. The summed E-state index contributed by atoms with van der Waals surface area (Å²) in [5.41, 5.74) is 1.61. The van der Waals surface area contributed by atoms with Gasteiger partial charge >= 0.3 is 5.97 Å². The monoisotopic (exact) mass is 461 g/mol. The van der Waals surface area contributed by atoms with Crippen molar-refractivity contribution in [1.82, 2.24) is 15.5 Å². The second-order valence-electron chi connectivity index (χ2n) is 7.58. The molecule has 2 unspecified atom stereocenters. The molecule has 10 heteroatoms. The second-order valence-corrected chi connectivity index (χ2v) is 7.58. The quantitative estimate of drug-likeness (QED) is 0.284. The molecule has 2 atom stereocenters. The normalized spacial score (nSPS) is 14.3. The molecule has 2 rings (SSSR count). The molecule has 0 aliphatic carbocycles. The van der Waals surface area contributed by atoms with E-state index in [1.165, 1.54) is 0 Å². The Hall–Kier alpha value is -3.53. The molecule has 0 bridgehead atoms. The largest absolute Gasteiger partial charge is 0.481 e. The van der Waals surface area contributed by atoms with E-state index < -0.39 is 35.7 Å². The molecule has 1 aliphatic heterocycles. The van der Waals surface area contributed by atoms with E-state index in [1.807, 2.05) is 19.2 Å². The fourth-order valence-electron chi connectivity index (χ4n) is 3.09. The third-order valence-corrected chi connectivity index (χ3v) is 4.80. The molecule has 1 heterocycles. The van der Waals surface area contributed by atoms with E-state index in [9.17, 15) is 19.2 Å². The Morgan fingerprint density at radius 1 is 1.00 bits per heavy atom. The number of imide groups is 1. The van der Waals surface area contributed by atoms with Crippen LogP contribution >= 0.6 is 0 Å². The Bertz CT molecular complexity index is 859. The molecule has 0 fully saturated rings. The van der Waals surface area contributed by atoms with Gasteiger partial charge in [0.1, 0.15) is 6.04 Å². The number of rotatable bonds is 11. The predicted octanol–water partition coefficient (Wildman–Crippen LogP) is 1.27. The highest BCUT2D eigenvalue weighted by molar-refractivity contribution is 6.15. The lowest BCUT2D eigenvalue weighted by Crippen LogP contribution is -2.43. The highest BCUT2D eigenvalue weighted by atomic mass is 16.4. The summed E-state index contributed by atoms with van der Waals surface area (Å²) in [6, 6.07) is 6.50. The summed E-state index contributed by atoms with van der Waals surface area (Å²) < 4.78 is 0. The van der Waals surface area contributed by atoms with Crippen molar-refractivity contribution in [3.05, 3.63) is 47.5 Å². The topological polar surface area (TPSA) is 153 Å². The van der Waals surface area contributed by atoms with E-state index in [2.05, 4.69) is 17.6 Å². The lowest BCUT2D eigenvalue weighted by molar-refractivity contribution is -0.145. The summed E-state index contributed by atoms with van der Waals surface area (Å²) in [5.74, 6) is -3.26. The Kier molecular flexibility index (Phi) is 11.5. The molecule has 0 radical (unpaired) electrons. The van der Waals surface area contributed by atoms with Crippen molar-refractivity contribution in [2.75, 3.05) is 13.6 Å². The van der Waals surface area contributed by atoms with E-state index in [4.69, 9.17) is 15.0 Å². The van der Waals surface area contributed by atoms with E-state index in [0.29, 0.717) is 18.4 Å². The van der Waals surface area contributed by atoms with Gasteiger partial charge in [-0.3, -0.25) is 28.9 Å². The lowest BCUT2D eigenvalue weighted by Gasteiger charge is -2.26. The maximum atomic E-state index is 12.8. The van der Waals surface area contributed by atoms with E-state index in [-0.39, 0.29) is 19.0 Å². The zero-order valence-electron chi connectivity index (χ0n) is 19.0. The molecule has 33 heavy (non-hydrogen) atoms. The van der Waals surface area contributed by atoms with Crippen molar-refractivity contribution in [3.63, 3.8) is 0 Å². The lowest BCUT2D eigenvalue weighted by atomic mass is 10.00. The molecule has 1 aliphatic rings. The maximum absolute atomic E-state index is 12.8. The van der Waals surface area contributed by atoms with Crippen LogP contribution in [0.25, 0.3) is 0 Å². The van der Waals surface area contributed by atoms with Crippen LogP contribution in [0.2, 0.25) is 0 Å². The van der Waals surface area contributed by atoms with Crippen molar-refractivity contribution in [3.8, 4) is 0 Å². The van der Waals surface area contributed by atoms with Gasteiger partial charge in [-0.2, -0.15) is 0 Å². The fraction of sp³-hybridized carbons (Fsp3) is 0.435. The highest BCUT2D eigenvalue weighted by Gasteiger charge is 2.36. The maximum Gasteiger partial charge on any atom is 0.303 e. The van der Waals surface area contributed by atoms with Gasteiger partial charge in [0.2, 0.25) is 5.91 Å². The van der Waals surface area contributed by atoms with Crippen molar-refractivity contribution >= 4 is 29.7 Å². The molecule has 0 saturated heterocycles. The van der Waals surface area contributed by atoms with E-state index in [1.54, 1.807) is 12.1 Å². The first kappa shape index (κ1) is 27.5. The van der Waals surface area contributed by atoms with Crippen molar-refractivity contribution in [1.29, 1.82) is 0 Å². The van der Waals surface area contributed by atoms with Crippen LogP contribution in [0, 0.1) is 0 Å². The first-order chi connectivity index (χ1) is 15.6. The zero-order chi connectivity index (χ0) is 25.0. The molecule has 0 saturated carbocycles. The average molecular weight is 462 g/mol. The number of unbranched alkanes of at least 4 members (excludes halogenated alkanes) is 1. The van der Waals surface area contributed by atoms with Gasteiger partial charge in [0.15, 0.2) is 0 Å². The molecule has 4 N–H and O–H groups in total. The van der Waals surface area contributed by atoms with Gasteiger partial charge in [-0.1, -0.05) is 24.3 Å². The Balaban J connectivity index is 0.00000125. The van der Waals surface area contributed by atoms with Crippen LogP contribution in [0.3, 0.4) is 0 Å². The van der Waals surface area contributed by atoms with Crippen LogP contribution in [0.4, 0.5) is 0 Å². The van der Waals surface area contributed by atoms with Gasteiger partial charge in [-0.15, -0.1) is 0 Å². The molecule has 1 aromatic rings. The van der Waals surface area contributed by atoms with Crippen LogP contribution in [0.1, 0.15) is 50.3 Å². The molecule has 3 amide bonds. The predicted molar refractivity (Wildman–Crippen MR) is 120 cm³/mol. The summed E-state index contributed by atoms with van der Waals surface area (Å²) in [4.78, 5) is 57.7. The van der Waals surface area contributed by atoms with Crippen molar-refractivity contribution in [2.45, 2.75) is 51.6 Å². The number of hydrogen-bond acceptors (Lipinski definition) is 6. The third-order valence-electron chi connectivity index (χ3n) is 4.80. The smallest absolute Gasteiger partial charge is 0.303 e. The number of carboxylic acids is 2. The van der Waals surface area contributed by atoms with Crippen LogP contribution in [-0.4, -0.2) is 64.4 Å². The molecule has 0 spiro atoms. The molecule has 1 aromatic carbocycles. The number of amides is 3. The molecule has 180 valence electrons. The number of benzene rings is 1. The summed E-state index contributed by atoms with van der Waals surface area (Å²) in [7, 11) is 1.88. The fourth-order valence-corrected chi connectivity index (χ4v) is 3.09. The van der Waals surface area contributed by atoms with Crippen LogP contribution in [0.5, 0.6) is 0 Å². The third kappa shape index (κ3) is 9.65. The van der Waals surface area contributed by atoms with E-state index in [0.717, 1.165) is 36.0 Å². The van der Waals surface area contributed by atoms with Crippen molar-refractivity contribution in [2.24, 2.45) is 0 Å². The SMILES string of the molecule is CC(=O)O.CNC(C)Cc1ccc(C(C(=O)NCCCCC(=O)O)N2C(=O)C=CC2=O)cc1. The van der Waals surface area contributed by atoms with Crippen LogP contribution in [-0.2, 0) is 30.4 Å². The summed E-state index contributed by atoms with van der Waals surface area (Å²) in [5, 5.41) is 22.0. The summed E-state index contributed by atoms with van der Waals surface area (Å²) in [6.45, 7) is 3.41. The summed E-state index contributed by atoms with van der Waals surface area (Å²) in [6.07, 6.45) is 4.06. The molecular weight excluding hydrogens is 430 g/mol. The first-order valence-corrected chi connectivity index (χ1v) is 10.6. The van der Waals surface area contributed by atoms with Gasteiger partial charge in [-0.25, -0.2) is 0 Å². The van der Waals surface area contributed by atoms with Gasteiger partial charge in [0, 0.05) is 38.1 Å². The number of carbonyl (C=O) groups is 5. The van der Waals surface area contributed by atoms with Gasteiger partial charge < -0.3 is 20.8 Å². The molecule has 0 aromatic heterocycles. The van der Waals surface area contributed by atoms with Crippen LogP contribution < -0.4 is 10.6 Å². The number of aliphatic carboxylic acids is 2. The van der Waals surface area contributed by atoms with Crippen molar-refractivity contribution < 1.29 is 34.2 Å². The Morgan fingerprint density at radius 3 is 2.03 bits per heavy atom. The minimum Gasteiger partial charge on any atom is -0.481 e. The molecule has 10 nitrogen and oxygen atoms in total. The average Bonchev–Trinajstić information content (AvgIpc) is 3.07. The highest BCUT2D eigenvalue weighted by Crippen LogP contribution is 2.25. The minimum atomic E-state index is -1.07.